The number of imidazole rings is 1. The van der Waals surface area contributed by atoms with Gasteiger partial charge >= 0.3 is 0 Å². The van der Waals surface area contributed by atoms with Gasteiger partial charge in [-0.05, 0) is 53.6 Å². The van der Waals surface area contributed by atoms with E-state index in [1.54, 1.807) is 23.4 Å². The third kappa shape index (κ3) is 4.00. The molecule has 0 saturated carbocycles. The smallest absolute Gasteiger partial charge is 0.171 e. The largest absolute Gasteiger partial charge is 0.373 e. The highest BCUT2D eigenvalue weighted by Gasteiger charge is 2.38. The van der Waals surface area contributed by atoms with Gasteiger partial charge in [0.2, 0.25) is 0 Å². The SMILES string of the molecule is Cn1cccc1C(O)(c1ccc2nc(Cl)c(Cc3ccc(-n4cccn4)cc3)c(Cl)c2c1)c1cncn1C. The van der Waals surface area contributed by atoms with Crippen molar-refractivity contribution in [2.24, 2.45) is 14.1 Å². The molecule has 1 atom stereocenters. The predicted molar refractivity (Wildman–Crippen MR) is 149 cm³/mol. The van der Waals surface area contributed by atoms with Crippen LogP contribution in [0.1, 0.15) is 28.1 Å². The summed E-state index contributed by atoms with van der Waals surface area (Å²) in [5.74, 6) is 0. The molecule has 0 bridgehead atoms. The van der Waals surface area contributed by atoms with Crippen LogP contribution in [0.15, 0.2) is 91.8 Å². The summed E-state index contributed by atoms with van der Waals surface area (Å²) in [7, 11) is 3.77. The molecule has 0 saturated heterocycles. The third-order valence-corrected chi connectivity index (χ3v) is 7.72. The van der Waals surface area contributed by atoms with Crippen LogP contribution in [0.4, 0.5) is 0 Å². The maximum Gasteiger partial charge on any atom is 0.171 e. The van der Waals surface area contributed by atoms with E-state index in [0.717, 1.165) is 16.8 Å². The van der Waals surface area contributed by atoms with Gasteiger partial charge in [0.15, 0.2) is 5.60 Å². The molecule has 0 aliphatic carbocycles. The highest BCUT2D eigenvalue weighted by Crippen LogP contribution is 2.40. The lowest BCUT2D eigenvalue weighted by Crippen LogP contribution is -2.33. The summed E-state index contributed by atoms with van der Waals surface area (Å²) in [5, 5.41) is 18.2. The Labute approximate surface area is 229 Å². The van der Waals surface area contributed by atoms with Crippen molar-refractivity contribution in [2.45, 2.75) is 12.0 Å². The van der Waals surface area contributed by atoms with E-state index in [4.69, 9.17) is 23.2 Å². The average Bonchev–Trinajstić information content (AvgIpc) is 3.69. The van der Waals surface area contributed by atoms with Gasteiger partial charge in [0.25, 0.3) is 0 Å². The van der Waals surface area contributed by atoms with Crippen molar-refractivity contribution in [2.75, 3.05) is 0 Å². The Morgan fingerprint density at radius 3 is 2.39 bits per heavy atom. The summed E-state index contributed by atoms with van der Waals surface area (Å²) >= 11 is 13.6. The van der Waals surface area contributed by atoms with E-state index in [9.17, 15) is 5.11 Å². The quantitative estimate of drug-likeness (QED) is 0.275. The lowest BCUT2D eigenvalue weighted by atomic mass is 9.86. The molecule has 4 heterocycles. The summed E-state index contributed by atoms with van der Waals surface area (Å²) in [4.78, 5) is 8.90. The molecule has 6 rings (SSSR count). The molecule has 0 aliphatic rings. The van der Waals surface area contributed by atoms with Gasteiger partial charge in [0.05, 0.1) is 40.1 Å². The van der Waals surface area contributed by atoms with Gasteiger partial charge in [-0.3, -0.25) is 0 Å². The molecule has 9 heteroatoms. The third-order valence-electron chi connectivity index (χ3n) is 6.97. The predicted octanol–water partition coefficient (Wildman–Crippen LogP) is 5.67. The lowest BCUT2D eigenvalue weighted by Gasteiger charge is -2.30. The molecular formula is C29H24Cl2N6O. The first kappa shape index (κ1) is 24.4. The van der Waals surface area contributed by atoms with E-state index in [1.807, 2.05) is 96.3 Å². The number of benzene rings is 2. The second-order valence-electron chi connectivity index (χ2n) is 9.33. The van der Waals surface area contributed by atoms with Crippen LogP contribution in [0.5, 0.6) is 0 Å². The van der Waals surface area contributed by atoms with Crippen LogP contribution < -0.4 is 0 Å². The van der Waals surface area contributed by atoms with Gasteiger partial charge in [-0.15, -0.1) is 0 Å². The first-order chi connectivity index (χ1) is 18.4. The van der Waals surface area contributed by atoms with E-state index >= 15 is 0 Å². The van der Waals surface area contributed by atoms with Crippen LogP contribution in [0, 0.1) is 0 Å². The van der Waals surface area contributed by atoms with E-state index in [1.165, 1.54) is 0 Å². The Balaban J connectivity index is 1.45. The fourth-order valence-corrected chi connectivity index (χ4v) is 5.58. The minimum absolute atomic E-state index is 0.357. The standard InChI is InChI=1S/C29H24Cl2N6O/c1-35-13-3-5-25(35)29(38,26-17-32-18-36(26)2)20-8-11-24-22(16-20)27(30)23(28(31)34-24)15-19-6-9-21(10-7-19)37-14-4-12-33-37/h3-14,16-18,38H,15H2,1-2H3. The Morgan fingerprint density at radius 1 is 0.921 bits per heavy atom. The van der Waals surface area contributed by atoms with Crippen molar-refractivity contribution >= 4 is 34.1 Å². The fraction of sp³-hybridized carbons (Fsp3) is 0.138. The summed E-state index contributed by atoms with van der Waals surface area (Å²) < 4.78 is 5.52. The van der Waals surface area contributed by atoms with Gasteiger partial charge in [0, 0.05) is 50.1 Å². The number of fused-ring (bicyclic) bond motifs is 1. The molecule has 1 unspecified atom stereocenters. The monoisotopic (exact) mass is 542 g/mol. The van der Waals surface area contributed by atoms with Gasteiger partial charge in [-0.1, -0.05) is 41.4 Å². The number of hydrogen-bond acceptors (Lipinski definition) is 4. The molecule has 1 N–H and O–H groups in total. The van der Waals surface area contributed by atoms with Gasteiger partial charge in [0.1, 0.15) is 5.15 Å². The Hall–Kier alpha value is -3.91. The molecule has 7 nitrogen and oxygen atoms in total. The molecule has 190 valence electrons. The Kier molecular flexibility index (Phi) is 6.07. The minimum Gasteiger partial charge on any atom is -0.373 e. The van der Waals surface area contributed by atoms with E-state index < -0.39 is 5.60 Å². The molecule has 2 aromatic carbocycles. The second-order valence-corrected chi connectivity index (χ2v) is 10.1. The van der Waals surface area contributed by atoms with E-state index in [-0.39, 0.29) is 0 Å². The summed E-state index contributed by atoms with van der Waals surface area (Å²) in [6.45, 7) is 0. The minimum atomic E-state index is -1.47. The number of halogens is 2. The lowest BCUT2D eigenvalue weighted by molar-refractivity contribution is 0.109. The first-order valence-corrected chi connectivity index (χ1v) is 12.8. The topological polar surface area (TPSA) is 73.7 Å². The number of rotatable bonds is 6. The fourth-order valence-electron chi connectivity index (χ4n) is 4.97. The van der Waals surface area contributed by atoms with Crippen molar-refractivity contribution in [3.63, 3.8) is 0 Å². The molecule has 4 aromatic heterocycles. The van der Waals surface area contributed by atoms with Crippen molar-refractivity contribution in [1.29, 1.82) is 0 Å². The normalized spacial score (nSPS) is 13.2. The number of aromatic nitrogens is 6. The zero-order valence-corrected chi connectivity index (χ0v) is 22.3. The first-order valence-electron chi connectivity index (χ1n) is 12.0. The van der Waals surface area contributed by atoms with E-state index in [0.29, 0.717) is 44.5 Å². The van der Waals surface area contributed by atoms with Gasteiger partial charge in [-0.2, -0.15) is 5.10 Å². The van der Waals surface area contributed by atoms with Crippen molar-refractivity contribution in [3.8, 4) is 5.69 Å². The number of aryl methyl sites for hydroxylation is 2. The van der Waals surface area contributed by atoms with Crippen LogP contribution >= 0.6 is 23.2 Å². The van der Waals surface area contributed by atoms with Crippen molar-refractivity contribution < 1.29 is 5.11 Å². The highest BCUT2D eigenvalue weighted by atomic mass is 35.5. The summed E-state index contributed by atoms with van der Waals surface area (Å²) in [5.41, 5.74) is 3.91. The maximum absolute atomic E-state index is 12.3. The number of nitrogens with zero attached hydrogens (tertiary/aromatic N) is 6. The van der Waals surface area contributed by atoms with Crippen LogP contribution in [0.3, 0.4) is 0 Å². The molecule has 0 amide bonds. The number of aliphatic hydroxyl groups is 1. The van der Waals surface area contributed by atoms with Crippen LogP contribution in [-0.2, 0) is 26.1 Å². The highest BCUT2D eigenvalue weighted by molar-refractivity contribution is 6.39. The molecular weight excluding hydrogens is 519 g/mol. The van der Waals surface area contributed by atoms with Gasteiger partial charge in [-0.25, -0.2) is 14.6 Å². The zero-order chi connectivity index (χ0) is 26.4. The van der Waals surface area contributed by atoms with Crippen molar-refractivity contribution in [1.82, 2.24) is 28.9 Å². The second kappa shape index (κ2) is 9.44. The van der Waals surface area contributed by atoms with Crippen LogP contribution in [0.25, 0.3) is 16.6 Å². The molecule has 6 aromatic rings. The maximum atomic E-state index is 12.3. The molecule has 0 fully saturated rings. The Bertz CT molecular complexity index is 1710. The van der Waals surface area contributed by atoms with Crippen LogP contribution in [0.2, 0.25) is 10.2 Å². The van der Waals surface area contributed by atoms with Gasteiger partial charge < -0.3 is 14.2 Å². The molecule has 0 spiro atoms. The number of hydrogen-bond donors (Lipinski definition) is 1. The summed E-state index contributed by atoms with van der Waals surface area (Å²) in [6, 6.07) is 19.3. The molecule has 0 aliphatic heterocycles. The van der Waals surface area contributed by atoms with E-state index in [2.05, 4.69) is 15.1 Å². The van der Waals surface area contributed by atoms with Crippen molar-refractivity contribution in [3.05, 3.63) is 130 Å². The zero-order valence-electron chi connectivity index (χ0n) is 20.8. The summed E-state index contributed by atoms with van der Waals surface area (Å²) in [6.07, 6.45) is 9.41. The van der Waals surface area contributed by atoms with Crippen LogP contribution in [-0.4, -0.2) is 34.0 Å². The molecule has 0 radical (unpaired) electrons. The average molecular weight is 543 g/mol. The Morgan fingerprint density at radius 2 is 1.74 bits per heavy atom. The number of pyridine rings is 1. The molecule has 38 heavy (non-hydrogen) atoms.